The molecular formula is C11H8N4O2S3Se. The van der Waals surface area contributed by atoms with Crippen LogP contribution in [0.3, 0.4) is 0 Å². The topological polar surface area (TPSA) is 88.6 Å². The molecule has 1 aromatic carbocycles. The van der Waals surface area contributed by atoms with Gasteiger partial charge >= 0.3 is 136 Å². The summed E-state index contributed by atoms with van der Waals surface area (Å²) < 4.78 is 29.8. The maximum absolute atomic E-state index is 12.6. The quantitative estimate of drug-likeness (QED) is 0.527. The van der Waals surface area contributed by atoms with Gasteiger partial charge < -0.3 is 0 Å². The second-order valence-corrected chi connectivity index (χ2v) is 9.88. The molecule has 0 saturated heterocycles. The summed E-state index contributed by atoms with van der Waals surface area (Å²) in [5.41, 5.74) is 1.20. The van der Waals surface area contributed by atoms with Crippen molar-refractivity contribution in [3.63, 3.8) is 0 Å². The molecule has 1 N–H and O–H groups in total. The summed E-state index contributed by atoms with van der Waals surface area (Å²) in [7, 11) is -3.50. The normalized spacial score (nSPS) is 11.6. The van der Waals surface area contributed by atoms with Crippen molar-refractivity contribution in [3.8, 4) is 11.3 Å². The molecule has 0 atom stereocenters. The molecule has 0 amide bonds. The molecule has 108 valence electrons. The Kier molecular flexibility index (Phi) is 4.14. The first-order chi connectivity index (χ1) is 10.1. The molecule has 21 heavy (non-hydrogen) atoms. The van der Waals surface area contributed by atoms with E-state index < -0.39 is 24.6 Å². The van der Waals surface area contributed by atoms with E-state index in [0.29, 0.717) is 18.4 Å². The van der Waals surface area contributed by atoms with E-state index in [2.05, 4.69) is 19.4 Å². The molecule has 2 heterocycles. The molecule has 0 saturated carbocycles. The van der Waals surface area contributed by atoms with Crippen LogP contribution in [0.1, 0.15) is 5.01 Å². The molecule has 0 bridgehead atoms. The van der Waals surface area contributed by atoms with Crippen molar-refractivity contribution in [2.45, 2.75) is 9.52 Å². The van der Waals surface area contributed by atoms with Crippen LogP contribution >= 0.6 is 23.6 Å². The Bertz CT molecular complexity index is 914. The summed E-state index contributed by atoms with van der Waals surface area (Å²) in [6.45, 7) is 0. The van der Waals surface area contributed by atoms with E-state index in [1.54, 1.807) is 0 Å². The fourth-order valence-electron chi connectivity index (χ4n) is 1.71. The molecule has 0 spiro atoms. The molecule has 2 aromatic heterocycles. The number of hydrogen-bond acceptors (Lipinski definition) is 7. The number of benzene rings is 1. The predicted molar refractivity (Wildman–Crippen MR) is 82.6 cm³/mol. The van der Waals surface area contributed by atoms with E-state index in [1.165, 1.54) is 0 Å². The number of aromatic amines is 1. The average Bonchev–Trinajstić information content (AvgIpc) is 3.09. The van der Waals surface area contributed by atoms with Crippen molar-refractivity contribution >= 4 is 48.1 Å². The Morgan fingerprint density at radius 1 is 1.29 bits per heavy atom. The van der Waals surface area contributed by atoms with Gasteiger partial charge in [-0.3, -0.25) is 0 Å². The number of nitrogens with zero attached hydrogens (tertiary/aromatic N) is 3. The van der Waals surface area contributed by atoms with Gasteiger partial charge in [0.15, 0.2) is 0 Å². The van der Waals surface area contributed by atoms with Crippen LogP contribution in [0.5, 0.6) is 0 Å². The minimum atomic E-state index is -3.50. The third-order valence-electron chi connectivity index (χ3n) is 2.58. The molecule has 0 aliphatic carbocycles. The Balaban J connectivity index is 2.01. The fourth-order valence-corrected chi connectivity index (χ4v) is 6.41. The number of sulfone groups is 1. The first-order valence-electron chi connectivity index (χ1n) is 5.71. The Labute approximate surface area is 135 Å². The molecule has 3 aromatic rings. The van der Waals surface area contributed by atoms with Crippen LogP contribution in [-0.4, -0.2) is 42.5 Å². The third kappa shape index (κ3) is 3.19. The van der Waals surface area contributed by atoms with Crippen LogP contribution < -0.4 is 0 Å². The number of aromatic nitrogens is 4. The minimum absolute atomic E-state index is 0.177. The van der Waals surface area contributed by atoms with Gasteiger partial charge in [-0.1, -0.05) is 0 Å². The summed E-state index contributed by atoms with van der Waals surface area (Å²) in [4.78, 5) is 0. The van der Waals surface area contributed by atoms with Gasteiger partial charge in [-0.05, 0) is 0 Å². The zero-order valence-electron chi connectivity index (χ0n) is 10.4. The van der Waals surface area contributed by atoms with E-state index >= 15 is 0 Å². The summed E-state index contributed by atoms with van der Waals surface area (Å²) in [6.07, 6.45) is 0. The Morgan fingerprint density at radius 3 is 2.71 bits per heavy atom. The molecule has 6 nitrogen and oxygen atoms in total. The maximum atomic E-state index is 12.6. The monoisotopic (exact) mass is 404 g/mol. The Hall–Kier alpha value is -1.19. The summed E-state index contributed by atoms with van der Waals surface area (Å²) >= 11 is 5.55. The van der Waals surface area contributed by atoms with Gasteiger partial charge in [-0.2, -0.15) is 0 Å². The predicted octanol–water partition coefficient (Wildman–Crippen LogP) is 1.69. The van der Waals surface area contributed by atoms with E-state index in [4.69, 9.17) is 12.2 Å². The van der Waals surface area contributed by atoms with Gasteiger partial charge in [0, 0.05) is 0 Å². The van der Waals surface area contributed by atoms with Crippen LogP contribution in [0.4, 0.5) is 0 Å². The SMILES string of the molecule is O=S(=O)(Cc1n[nH]c(=S)s1)c1[se]nnc1-c1ccccc1. The van der Waals surface area contributed by atoms with Crippen molar-refractivity contribution in [1.29, 1.82) is 0 Å². The van der Waals surface area contributed by atoms with Gasteiger partial charge in [-0.25, -0.2) is 0 Å². The number of H-pyrrole nitrogens is 1. The van der Waals surface area contributed by atoms with E-state index in [1.807, 2.05) is 30.3 Å². The van der Waals surface area contributed by atoms with Crippen molar-refractivity contribution in [2.24, 2.45) is 0 Å². The zero-order valence-corrected chi connectivity index (χ0v) is 14.5. The fraction of sp³-hybridized carbons (Fsp3) is 0.0909. The van der Waals surface area contributed by atoms with Gasteiger partial charge in [-0.15, -0.1) is 0 Å². The standard InChI is InChI=1S/C11H8N4O2S3Se/c16-20(17,6-8-12-14-11(18)19-8)10-9(13-15-21-10)7-4-2-1-3-5-7/h1-5H,6H2,(H,14,18). The molecule has 0 aliphatic heterocycles. The van der Waals surface area contributed by atoms with Crippen LogP contribution in [-0.2, 0) is 15.6 Å². The van der Waals surface area contributed by atoms with Crippen LogP contribution in [0.2, 0.25) is 0 Å². The van der Waals surface area contributed by atoms with E-state index in [0.717, 1.165) is 16.9 Å². The van der Waals surface area contributed by atoms with Gasteiger partial charge in [0.2, 0.25) is 0 Å². The summed E-state index contributed by atoms with van der Waals surface area (Å²) in [6, 6.07) is 9.19. The van der Waals surface area contributed by atoms with Crippen molar-refractivity contribution in [3.05, 3.63) is 39.3 Å². The second-order valence-electron chi connectivity index (χ2n) is 4.04. The molecule has 3 rings (SSSR count). The molecular weight excluding hydrogens is 395 g/mol. The van der Waals surface area contributed by atoms with Gasteiger partial charge in [0.1, 0.15) is 0 Å². The van der Waals surface area contributed by atoms with Crippen molar-refractivity contribution in [2.75, 3.05) is 0 Å². The van der Waals surface area contributed by atoms with Crippen LogP contribution in [0.15, 0.2) is 34.1 Å². The molecule has 0 aliphatic rings. The zero-order chi connectivity index (χ0) is 14.9. The van der Waals surface area contributed by atoms with Gasteiger partial charge in [0.05, 0.1) is 0 Å². The first kappa shape index (κ1) is 14.7. The average molecular weight is 403 g/mol. The number of nitrogens with one attached hydrogen (secondary N) is 1. The van der Waals surface area contributed by atoms with E-state index in [9.17, 15) is 8.42 Å². The van der Waals surface area contributed by atoms with Crippen LogP contribution in [0, 0.1) is 3.95 Å². The van der Waals surface area contributed by atoms with E-state index in [-0.39, 0.29) is 5.75 Å². The first-order valence-corrected chi connectivity index (χ1v) is 10.2. The molecule has 10 heteroatoms. The molecule has 0 radical (unpaired) electrons. The van der Waals surface area contributed by atoms with Crippen molar-refractivity contribution < 1.29 is 8.42 Å². The van der Waals surface area contributed by atoms with Crippen LogP contribution in [0.25, 0.3) is 11.3 Å². The number of hydrogen-bond donors (Lipinski definition) is 1. The Morgan fingerprint density at radius 2 is 2.05 bits per heavy atom. The third-order valence-corrected chi connectivity index (χ3v) is 8.35. The molecule has 0 unspecified atom stereocenters. The number of rotatable bonds is 4. The second kappa shape index (κ2) is 5.90. The van der Waals surface area contributed by atoms with Gasteiger partial charge in [0.25, 0.3) is 0 Å². The van der Waals surface area contributed by atoms with Crippen molar-refractivity contribution in [1.82, 2.24) is 19.4 Å². The summed E-state index contributed by atoms with van der Waals surface area (Å²) in [5, 5.41) is 10.9. The summed E-state index contributed by atoms with van der Waals surface area (Å²) in [5.74, 6) is -0.177. The molecule has 0 fully saturated rings.